The normalized spacial score (nSPS) is 23.2. The molecule has 1 unspecified atom stereocenters. The molecular weight excluding hydrogens is 489 g/mol. The highest BCUT2D eigenvalue weighted by molar-refractivity contribution is 14.0. The van der Waals surface area contributed by atoms with Crippen molar-refractivity contribution in [2.75, 3.05) is 51.8 Å². The molecule has 3 rings (SSSR count). The van der Waals surface area contributed by atoms with Gasteiger partial charge in [0.2, 0.25) is 0 Å². The smallest absolute Gasteiger partial charge is 0.191 e. The van der Waals surface area contributed by atoms with Gasteiger partial charge in [-0.05, 0) is 24.6 Å². The van der Waals surface area contributed by atoms with Crippen molar-refractivity contribution in [3.8, 4) is 0 Å². The van der Waals surface area contributed by atoms with E-state index < -0.39 is 9.84 Å². The molecule has 0 aromatic heterocycles. The Bertz CT molecular complexity index is 746. The monoisotopic (exact) mass is 521 g/mol. The molecule has 2 saturated heterocycles. The molecule has 2 heterocycles. The van der Waals surface area contributed by atoms with Gasteiger partial charge in [-0.1, -0.05) is 24.3 Å². The first-order chi connectivity index (χ1) is 12.9. The van der Waals surface area contributed by atoms with Gasteiger partial charge in [-0.2, -0.15) is 0 Å². The summed E-state index contributed by atoms with van der Waals surface area (Å²) < 4.78 is 23.1. The second kappa shape index (κ2) is 10.7. The highest BCUT2D eigenvalue weighted by Gasteiger charge is 2.28. The Kier molecular flexibility index (Phi) is 8.97. The Balaban J connectivity index is 0.00000280. The highest BCUT2D eigenvalue weighted by Crippen LogP contribution is 2.12. The summed E-state index contributed by atoms with van der Waals surface area (Å²) in [6.07, 6.45) is 0.643. The van der Waals surface area contributed by atoms with Crippen LogP contribution in [0.25, 0.3) is 0 Å². The van der Waals surface area contributed by atoms with Gasteiger partial charge in [0.1, 0.15) is 0 Å². The van der Waals surface area contributed by atoms with E-state index in [9.17, 15) is 8.42 Å². The number of hydrogen-bond acceptors (Lipinski definition) is 5. The summed E-state index contributed by atoms with van der Waals surface area (Å²) in [6.45, 7) is 6.18. The molecular formula is C19H32IN5O2S. The van der Waals surface area contributed by atoms with Crippen LogP contribution in [0.4, 0.5) is 0 Å². The largest absolute Gasteiger partial charge is 0.353 e. The molecule has 9 heteroatoms. The zero-order chi connectivity index (χ0) is 19.3. The van der Waals surface area contributed by atoms with Crippen LogP contribution < -0.4 is 10.6 Å². The maximum Gasteiger partial charge on any atom is 0.191 e. The van der Waals surface area contributed by atoms with Crippen molar-refractivity contribution in [1.82, 2.24) is 20.4 Å². The van der Waals surface area contributed by atoms with Gasteiger partial charge in [-0.25, -0.2) is 8.42 Å². The van der Waals surface area contributed by atoms with Gasteiger partial charge in [0.25, 0.3) is 0 Å². The molecule has 1 aromatic carbocycles. The van der Waals surface area contributed by atoms with Crippen LogP contribution in [-0.4, -0.2) is 82.0 Å². The molecule has 0 radical (unpaired) electrons. The number of nitrogens with one attached hydrogen (secondary N) is 2. The Morgan fingerprint density at radius 2 is 1.79 bits per heavy atom. The van der Waals surface area contributed by atoms with E-state index in [1.54, 1.807) is 7.05 Å². The Morgan fingerprint density at radius 1 is 1.14 bits per heavy atom. The molecule has 1 atom stereocenters. The summed E-state index contributed by atoms with van der Waals surface area (Å²) in [6, 6.07) is 8.62. The van der Waals surface area contributed by atoms with E-state index in [0.29, 0.717) is 18.9 Å². The lowest BCUT2D eigenvalue weighted by molar-refractivity contribution is 0.148. The number of aliphatic imine (C=N–C) groups is 1. The number of nitrogens with zero attached hydrogens (tertiary/aromatic N) is 3. The van der Waals surface area contributed by atoms with Crippen molar-refractivity contribution in [1.29, 1.82) is 0 Å². The molecule has 2 N–H and O–H groups in total. The van der Waals surface area contributed by atoms with Crippen LogP contribution in [-0.2, 0) is 22.9 Å². The predicted octanol–water partition coefficient (Wildman–Crippen LogP) is 0.904. The summed E-state index contributed by atoms with van der Waals surface area (Å²) in [5, 5.41) is 6.48. The van der Waals surface area contributed by atoms with E-state index in [1.165, 1.54) is 11.1 Å². The minimum atomic E-state index is -2.89. The Labute approximate surface area is 185 Å². The Morgan fingerprint density at radius 3 is 2.36 bits per heavy atom. The number of likely N-dealkylation sites (N-methyl/N-ethyl adjacent to an activating group) is 1. The number of piperazine rings is 1. The lowest BCUT2D eigenvalue weighted by Gasteiger charge is -2.32. The number of guanidine groups is 1. The Hall–Kier alpha value is -0.910. The van der Waals surface area contributed by atoms with Crippen LogP contribution in [0.3, 0.4) is 0 Å². The number of halogens is 1. The summed E-state index contributed by atoms with van der Waals surface area (Å²) in [5.74, 6) is 1.10. The number of hydrogen-bond donors (Lipinski definition) is 2. The zero-order valence-corrected chi connectivity index (χ0v) is 19.9. The topological polar surface area (TPSA) is 77.0 Å². The summed E-state index contributed by atoms with van der Waals surface area (Å²) in [4.78, 5) is 9.07. The van der Waals surface area contributed by atoms with Gasteiger partial charge in [-0.3, -0.25) is 9.89 Å². The molecule has 1 aromatic rings. The van der Waals surface area contributed by atoms with Gasteiger partial charge in [-0.15, -0.1) is 24.0 Å². The van der Waals surface area contributed by atoms with Gasteiger partial charge < -0.3 is 15.5 Å². The number of benzene rings is 1. The molecule has 0 saturated carbocycles. The third-order valence-corrected chi connectivity index (χ3v) is 7.05. The van der Waals surface area contributed by atoms with Crippen LogP contribution >= 0.6 is 24.0 Å². The third kappa shape index (κ3) is 7.16. The van der Waals surface area contributed by atoms with Crippen LogP contribution in [0, 0.1) is 0 Å². The van der Waals surface area contributed by atoms with Crippen molar-refractivity contribution >= 4 is 39.8 Å². The lowest BCUT2D eigenvalue weighted by atomic mass is 10.1. The summed E-state index contributed by atoms with van der Waals surface area (Å²) in [5.41, 5.74) is 2.51. The average Bonchev–Trinajstić information content (AvgIpc) is 3.00. The van der Waals surface area contributed by atoms with Crippen molar-refractivity contribution < 1.29 is 8.42 Å². The molecule has 7 nitrogen and oxygen atoms in total. The van der Waals surface area contributed by atoms with E-state index >= 15 is 0 Å². The van der Waals surface area contributed by atoms with Gasteiger partial charge in [0.05, 0.1) is 11.5 Å². The second-order valence-electron chi connectivity index (χ2n) is 7.57. The molecule has 2 fully saturated rings. The molecule has 2 aliphatic rings. The van der Waals surface area contributed by atoms with Crippen molar-refractivity contribution in [3.63, 3.8) is 0 Å². The van der Waals surface area contributed by atoms with Crippen molar-refractivity contribution in [3.05, 3.63) is 35.4 Å². The van der Waals surface area contributed by atoms with Crippen LogP contribution in [0.2, 0.25) is 0 Å². The molecule has 0 bridgehead atoms. The highest BCUT2D eigenvalue weighted by atomic mass is 127. The van der Waals surface area contributed by atoms with E-state index in [2.05, 4.69) is 56.7 Å². The first-order valence-electron chi connectivity index (χ1n) is 9.60. The van der Waals surface area contributed by atoms with E-state index in [0.717, 1.165) is 32.7 Å². The molecule has 0 aliphatic carbocycles. The van der Waals surface area contributed by atoms with Gasteiger partial charge >= 0.3 is 0 Å². The fourth-order valence-corrected chi connectivity index (χ4v) is 5.18. The molecule has 0 amide bonds. The number of rotatable bonds is 5. The summed E-state index contributed by atoms with van der Waals surface area (Å²) in [7, 11) is 0.992. The third-order valence-electron chi connectivity index (χ3n) is 5.28. The first-order valence-corrected chi connectivity index (χ1v) is 11.4. The zero-order valence-electron chi connectivity index (χ0n) is 16.7. The molecule has 28 heavy (non-hydrogen) atoms. The quantitative estimate of drug-likeness (QED) is 0.341. The molecule has 0 spiro atoms. The number of sulfone groups is 1. The predicted molar refractivity (Wildman–Crippen MR) is 125 cm³/mol. The van der Waals surface area contributed by atoms with Crippen LogP contribution in [0.5, 0.6) is 0 Å². The second-order valence-corrected chi connectivity index (χ2v) is 9.79. The fourth-order valence-electron chi connectivity index (χ4n) is 3.51. The van der Waals surface area contributed by atoms with E-state index in [-0.39, 0.29) is 41.5 Å². The van der Waals surface area contributed by atoms with E-state index in [1.807, 2.05) is 0 Å². The van der Waals surface area contributed by atoms with E-state index in [4.69, 9.17) is 0 Å². The molecule has 158 valence electrons. The minimum Gasteiger partial charge on any atom is -0.353 e. The fraction of sp³-hybridized carbons (Fsp3) is 0.632. The minimum absolute atomic E-state index is 0. The SMILES string of the molecule is CN=C(NCc1ccc(CN2CCN(C)CC2)cc1)NC1CCS(=O)(=O)C1.I. The molecule has 2 aliphatic heterocycles. The first kappa shape index (κ1) is 23.4. The van der Waals surface area contributed by atoms with Gasteiger partial charge in [0.15, 0.2) is 15.8 Å². The lowest BCUT2D eigenvalue weighted by Crippen LogP contribution is -2.44. The van der Waals surface area contributed by atoms with Crippen LogP contribution in [0.1, 0.15) is 17.5 Å². The van der Waals surface area contributed by atoms with Crippen molar-refractivity contribution in [2.45, 2.75) is 25.6 Å². The van der Waals surface area contributed by atoms with Crippen molar-refractivity contribution in [2.24, 2.45) is 4.99 Å². The standard InChI is InChI=1S/C19H31N5O2S.HI/c1-20-19(22-18-7-12-27(25,26)15-18)21-13-16-3-5-17(6-4-16)14-24-10-8-23(2)9-11-24;/h3-6,18H,7-15H2,1-2H3,(H2,20,21,22);1H. The van der Waals surface area contributed by atoms with Crippen LogP contribution in [0.15, 0.2) is 29.3 Å². The average molecular weight is 521 g/mol. The maximum absolute atomic E-state index is 11.6. The van der Waals surface area contributed by atoms with Gasteiger partial charge in [0, 0.05) is 52.4 Å². The maximum atomic E-state index is 11.6. The summed E-state index contributed by atoms with van der Waals surface area (Å²) >= 11 is 0.